The van der Waals surface area contributed by atoms with Crippen LogP contribution in [0.15, 0.2) is 30.6 Å². The second-order valence-corrected chi connectivity index (χ2v) is 8.08. The van der Waals surface area contributed by atoms with Crippen molar-refractivity contribution in [3.8, 4) is 0 Å². The topological polar surface area (TPSA) is 55.3 Å². The molecule has 0 radical (unpaired) electrons. The van der Waals surface area contributed by atoms with Gasteiger partial charge >= 0.3 is 0 Å². The molecule has 29 heavy (non-hydrogen) atoms. The molecule has 2 aliphatic rings. The zero-order chi connectivity index (χ0) is 20.4. The van der Waals surface area contributed by atoms with E-state index in [2.05, 4.69) is 9.97 Å². The molecule has 1 saturated heterocycles. The van der Waals surface area contributed by atoms with Crippen molar-refractivity contribution in [1.29, 1.82) is 0 Å². The van der Waals surface area contributed by atoms with Crippen LogP contribution in [0.3, 0.4) is 0 Å². The van der Waals surface area contributed by atoms with E-state index in [9.17, 15) is 13.6 Å². The average Bonchev–Trinajstić information content (AvgIpc) is 3.17. The predicted molar refractivity (Wildman–Crippen MR) is 102 cm³/mol. The Bertz CT molecular complexity index is 864. The number of carbonyl (C=O) groups is 1. The number of aryl methyl sites for hydroxylation is 1. The first-order valence-corrected chi connectivity index (χ1v) is 10.2. The molecule has 154 valence electrons. The van der Waals surface area contributed by atoms with Crippen LogP contribution >= 0.6 is 0 Å². The van der Waals surface area contributed by atoms with E-state index in [1.54, 1.807) is 6.33 Å². The monoisotopic (exact) mass is 401 g/mol. The summed E-state index contributed by atoms with van der Waals surface area (Å²) in [6.45, 7) is 2.33. The summed E-state index contributed by atoms with van der Waals surface area (Å²) in [6, 6.07) is 4.98. The van der Waals surface area contributed by atoms with Gasteiger partial charge in [-0.25, -0.2) is 23.8 Å². The van der Waals surface area contributed by atoms with E-state index in [1.165, 1.54) is 17.2 Å². The van der Waals surface area contributed by atoms with Gasteiger partial charge in [-0.05, 0) is 68.7 Å². The Morgan fingerprint density at radius 3 is 2.48 bits per heavy atom. The zero-order valence-electron chi connectivity index (χ0n) is 16.5. The molecule has 1 atom stereocenters. The predicted octanol–water partition coefficient (Wildman–Crippen LogP) is 4.32. The number of aromatic nitrogens is 2. The van der Waals surface area contributed by atoms with Crippen molar-refractivity contribution in [2.75, 3.05) is 6.61 Å². The fraction of sp³-hybridized carbons (Fsp3) is 0.500. The summed E-state index contributed by atoms with van der Waals surface area (Å²) in [5.74, 6) is -0.966. The van der Waals surface area contributed by atoms with Crippen molar-refractivity contribution in [3.05, 3.63) is 59.2 Å². The summed E-state index contributed by atoms with van der Waals surface area (Å²) >= 11 is 0. The van der Waals surface area contributed by atoms with Crippen molar-refractivity contribution >= 4 is 5.91 Å². The Kier molecular flexibility index (Phi) is 5.85. The lowest BCUT2D eigenvalue weighted by molar-refractivity contribution is -0.183. The van der Waals surface area contributed by atoms with Gasteiger partial charge in [0.05, 0.1) is 12.6 Å². The first-order chi connectivity index (χ1) is 14.0. The van der Waals surface area contributed by atoms with Crippen LogP contribution in [0.4, 0.5) is 8.78 Å². The Morgan fingerprint density at radius 2 is 1.79 bits per heavy atom. The number of hydrogen-bond donors (Lipinski definition) is 0. The van der Waals surface area contributed by atoms with Crippen LogP contribution in [0, 0.1) is 30.4 Å². The molecule has 2 fully saturated rings. The lowest BCUT2D eigenvalue weighted by Gasteiger charge is -2.32. The fourth-order valence-electron chi connectivity index (χ4n) is 4.47. The Hall–Kier alpha value is -2.41. The maximum absolute atomic E-state index is 13.6. The number of benzene rings is 1. The van der Waals surface area contributed by atoms with Gasteiger partial charge < -0.3 is 0 Å². The number of rotatable bonds is 4. The summed E-state index contributed by atoms with van der Waals surface area (Å²) in [6.07, 6.45) is 6.51. The van der Waals surface area contributed by atoms with E-state index < -0.39 is 17.7 Å². The molecule has 1 aromatic carbocycles. The third-order valence-corrected chi connectivity index (χ3v) is 5.95. The normalized spacial score (nSPS) is 24.7. The summed E-state index contributed by atoms with van der Waals surface area (Å²) in [7, 11) is 0. The van der Waals surface area contributed by atoms with Crippen LogP contribution < -0.4 is 0 Å². The van der Waals surface area contributed by atoms with Crippen molar-refractivity contribution in [2.24, 2.45) is 11.8 Å². The van der Waals surface area contributed by atoms with Crippen LogP contribution in [0.5, 0.6) is 0 Å². The highest BCUT2D eigenvalue weighted by atomic mass is 19.1. The number of carbonyl (C=O) groups excluding carboxylic acids is 1. The zero-order valence-corrected chi connectivity index (χ0v) is 16.5. The maximum Gasteiger partial charge on any atom is 0.249 e. The minimum absolute atomic E-state index is 0.0755. The first kappa shape index (κ1) is 19.9. The molecule has 5 nitrogen and oxygen atoms in total. The van der Waals surface area contributed by atoms with Gasteiger partial charge in [0.2, 0.25) is 5.91 Å². The number of halogens is 2. The SMILES string of the molecule is Cc1cc(CC2CCC(C(=O)N3OCC[C@H]3c3cc(F)cc(F)c3)CC2)ncn1. The summed E-state index contributed by atoms with van der Waals surface area (Å²) in [5.41, 5.74) is 2.45. The van der Waals surface area contributed by atoms with Gasteiger partial charge in [0.15, 0.2) is 0 Å². The molecule has 1 aliphatic carbocycles. The van der Waals surface area contributed by atoms with Gasteiger partial charge in [-0.3, -0.25) is 9.63 Å². The summed E-state index contributed by atoms with van der Waals surface area (Å²) in [5, 5.41) is 1.35. The van der Waals surface area contributed by atoms with E-state index in [-0.39, 0.29) is 11.8 Å². The minimum Gasteiger partial charge on any atom is -0.272 e. The molecule has 1 amide bonds. The molecule has 1 aliphatic heterocycles. The lowest BCUT2D eigenvalue weighted by Crippen LogP contribution is -2.36. The first-order valence-electron chi connectivity index (χ1n) is 10.2. The third-order valence-electron chi connectivity index (χ3n) is 5.95. The molecule has 2 aromatic rings. The van der Waals surface area contributed by atoms with Gasteiger partial charge in [0.1, 0.15) is 18.0 Å². The van der Waals surface area contributed by atoms with Crippen molar-refractivity contribution < 1.29 is 18.4 Å². The Balaban J connectivity index is 1.37. The minimum atomic E-state index is -0.639. The van der Waals surface area contributed by atoms with Crippen LogP contribution in [0.2, 0.25) is 0 Å². The number of amides is 1. The number of hydrogen-bond acceptors (Lipinski definition) is 4. The van der Waals surface area contributed by atoms with Crippen molar-refractivity contribution in [2.45, 2.75) is 51.5 Å². The highest BCUT2D eigenvalue weighted by Gasteiger charge is 2.37. The van der Waals surface area contributed by atoms with Crippen molar-refractivity contribution in [1.82, 2.24) is 15.0 Å². The summed E-state index contributed by atoms with van der Waals surface area (Å²) in [4.78, 5) is 27.1. The van der Waals surface area contributed by atoms with Gasteiger partial charge in [-0.15, -0.1) is 0 Å². The Labute approximate surface area is 169 Å². The van der Waals surface area contributed by atoms with Crippen molar-refractivity contribution in [3.63, 3.8) is 0 Å². The van der Waals surface area contributed by atoms with E-state index in [4.69, 9.17) is 4.84 Å². The molecule has 0 unspecified atom stereocenters. The number of hydroxylamine groups is 2. The largest absolute Gasteiger partial charge is 0.272 e. The molecule has 2 heterocycles. The molecule has 0 bridgehead atoms. The molecular weight excluding hydrogens is 376 g/mol. The molecular formula is C22H25F2N3O2. The summed E-state index contributed by atoms with van der Waals surface area (Å²) < 4.78 is 27.2. The second kappa shape index (κ2) is 8.53. The second-order valence-electron chi connectivity index (χ2n) is 8.08. The number of nitrogens with zero attached hydrogens (tertiary/aromatic N) is 3. The van der Waals surface area contributed by atoms with E-state index in [1.807, 2.05) is 13.0 Å². The third kappa shape index (κ3) is 4.61. The van der Waals surface area contributed by atoms with E-state index in [0.29, 0.717) is 24.5 Å². The molecule has 7 heteroatoms. The quantitative estimate of drug-likeness (QED) is 0.766. The fourth-order valence-corrected chi connectivity index (χ4v) is 4.47. The molecule has 0 spiro atoms. The average molecular weight is 401 g/mol. The lowest BCUT2D eigenvalue weighted by atomic mass is 9.79. The molecule has 4 rings (SSSR count). The standard InChI is InChI=1S/C22H25F2N3O2/c1-14-8-20(26-13-25-14)9-15-2-4-16(5-3-15)22(28)27-21(6-7-29-27)17-10-18(23)12-19(24)11-17/h8,10-13,15-16,21H,2-7,9H2,1H3/t15?,16?,21-/m0/s1. The highest BCUT2D eigenvalue weighted by molar-refractivity contribution is 5.78. The van der Waals surface area contributed by atoms with Crippen LogP contribution in [-0.2, 0) is 16.1 Å². The molecule has 1 saturated carbocycles. The highest BCUT2D eigenvalue weighted by Crippen LogP contribution is 2.37. The van der Waals surface area contributed by atoms with E-state index in [0.717, 1.165) is 49.6 Å². The van der Waals surface area contributed by atoms with E-state index >= 15 is 0 Å². The molecule has 0 N–H and O–H groups in total. The maximum atomic E-state index is 13.6. The van der Waals surface area contributed by atoms with Gasteiger partial charge in [0, 0.05) is 29.8 Å². The van der Waals surface area contributed by atoms with Gasteiger partial charge in [-0.1, -0.05) is 0 Å². The van der Waals surface area contributed by atoms with Gasteiger partial charge in [-0.2, -0.15) is 0 Å². The Morgan fingerprint density at radius 1 is 1.07 bits per heavy atom. The van der Waals surface area contributed by atoms with Crippen LogP contribution in [0.1, 0.15) is 55.1 Å². The van der Waals surface area contributed by atoms with Gasteiger partial charge in [0.25, 0.3) is 0 Å². The molecule has 1 aromatic heterocycles. The van der Waals surface area contributed by atoms with Crippen LogP contribution in [0.25, 0.3) is 0 Å². The smallest absolute Gasteiger partial charge is 0.249 e. The van der Waals surface area contributed by atoms with Crippen LogP contribution in [-0.4, -0.2) is 27.5 Å².